The van der Waals surface area contributed by atoms with Crippen LogP contribution in [-0.2, 0) is 4.79 Å². The van der Waals surface area contributed by atoms with Gasteiger partial charge in [-0.3, -0.25) is 4.79 Å². The molecule has 0 spiro atoms. The van der Waals surface area contributed by atoms with Crippen LogP contribution in [0.15, 0.2) is 24.3 Å². The highest BCUT2D eigenvalue weighted by molar-refractivity contribution is 5.96. The van der Waals surface area contributed by atoms with Crippen LogP contribution in [0.25, 0.3) is 0 Å². The largest absolute Gasteiger partial charge is 0.497 e. The third-order valence-corrected chi connectivity index (χ3v) is 3.18. The van der Waals surface area contributed by atoms with E-state index in [4.69, 9.17) is 10.5 Å². The third-order valence-electron chi connectivity index (χ3n) is 3.18. The van der Waals surface area contributed by atoms with Crippen LogP contribution >= 0.6 is 0 Å². The Hall–Kier alpha value is -1.55. The SMILES string of the molecule is COc1ccc(N2C(=O)CCC2CCN)cc1. The lowest BCUT2D eigenvalue weighted by atomic mass is 10.1. The predicted molar refractivity (Wildman–Crippen MR) is 67.2 cm³/mol. The molecule has 4 heteroatoms. The minimum atomic E-state index is 0.189. The van der Waals surface area contributed by atoms with Crippen molar-refractivity contribution >= 4 is 11.6 Å². The predicted octanol–water partition coefficient (Wildman–Crippen LogP) is 1.54. The standard InChI is InChI=1S/C13H18N2O2/c1-17-12-5-2-10(3-6-12)15-11(8-9-14)4-7-13(15)16/h2-3,5-6,11H,4,7-9,14H2,1H3. The fourth-order valence-corrected chi connectivity index (χ4v) is 2.31. The Labute approximate surface area is 101 Å². The number of hydrogen-bond acceptors (Lipinski definition) is 3. The summed E-state index contributed by atoms with van der Waals surface area (Å²) < 4.78 is 5.11. The van der Waals surface area contributed by atoms with Gasteiger partial charge in [-0.15, -0.1) is 0 Å². The van der Waals surface area contributed by atoms with Gasteiger partial charge in [0, 0.05) is 18.2 Å². The monoisotopic (exact) mass is 234 g/mol. The molecular formula is C13H18N2O2. The minimum absolute atomic E-state index is 0.189. The number of rotatable bonds is 4. The first-order valence-corrected chi connectivity index (χ1v) is 5.92. The normalized spacial score (nSPS) is 19.8. The molecule has 1 aliphatic heterocycles. The molecule has 0 aliphatic carbocycles. The first kappa shape index (κ1) is 11.9. The van der Waals surface area contributed by atoms with Crippen molar-refractivity contribution in [2.75, 3.05) is 18.6 Å². The highest BCUT2D eigenvalue weighted by Crippen LogP contribution is 2.29. The van der Waals surface area contributed by atoms with Crippen molar-refractivity contribution < 1.29 is 9.53 Å². The fraction of sp³-hybridized carbons (Fsp3) is 0.462. The topological polar surface area (TPSA) is 55.6 Å². The first-order chi connectivity index (χ1) is 8.26. The Balaban J connectivity index is 2.20. The molecule has 1 unspecified atom stereocenters. The molecule has 1 amide bonds. The molecule has 1 aromatic rings. The molecule has 92 valence electrons. The third kappa shape index (κ3) is 2.42. The maximum atomic E-state index is 11.9. The van der Waals surface area contributed by atoms with E-state index in [-0.39, 0.29) is 11.9 Å². The molecule has 2 rings (SSSR count). The van der Waals surface area contributed by atoms with E-state index in [2.05, 4.69) is 0 Å². The van der Waals surface area contributed by atoms with Gasteiger partial charge in [0.05, 0.1) is 7.11 Å². The average Bonchev–Trinajstić information content (AvgIpc) is 2.71. The molecular weight excluding hydrogens is 216 g/mol. The molecule has 4 nitrogen and oxygen atoms in total. The molecule has 1 heterocycles. The molecule has 1 aromatic carbocycles. The van der Waals surface area contributed by atoms with E-state index >= 15 is 0 Å². The van der Waals surface area contributed by atoms with Crippen molar-refractivity contribution in [3.63, 3.8) is 0 Å². The number of nitrogens with zero attached hydrogens (tertiary/aromatic N) is 1. The summed E-state index contributed by atoms with van der Waals surface area (Å²) >= 11 is 0. The molecule has 0 bridgehead atoms. The van der Waals surface area contributed by atoms with E-state index < -0.39 is 0 Å². The number of methoxy groups -OCH3 is 1. The number of amides is 1. The zero-order chi connectivity index (χ0) is 12.3. The zero-order valence-electron chi connectivity index (χ0n) is 10.1. The number of hydrogen-bond donors (Lipinski definition) is 1. The second-order valence-electron chi connectivity index (χ2n) is 4.23. The highest BCUT2D eigenvalue weighted by atomic mass is 16.5. The van der Waals surface area contributed by atoms with Crippen LogP contribution in [0.5, 0.6) is 5.75 Å². The number of benzene rings is 1. The van der Waals surface area contributed by atoms with Crippen LogP contribution in [0.2, 0.25) is 0 Å². The van der Waals surface area contributed by atoms with E-state index in [1.165, 1.54) is 0 Å². The van der Waals surface area contributed by atoms with Gasteiger partial charge < -0.3 is 15.4 Å². The Bertz CT molecular complexity index is 389. The van der Waals surface area contributed by atoms with Gasteiger partial charge in [-0.2, -0.15) is 0 Å². The molecule has 0 radical (unpaired) electrons. The van der Waals surface area contributed by atoms with Crippen LogP contribution in [0, 0.1) is 0 Å². The number of carbonyl (C=O) groups excluding carboxylic acids is 1. The van der Waals surface area contributed by atoms with Crippen molar-refractivity contribution in [3.8, 4) is 5.75 Å². The maximum Gasteiger partial charge on any atom is 0.227 e. The second-order valence-corrected chi connectivity index (χ2v) is 4.23. The summed E-state index contributed by atoms with van der Waals surface area (Å²) in [7, 11) is 1.63. The molecule has 2 N–H and O–H groups in total. The highest BCUT2D eigenvalue weighted by Gasteiger charge is 2.31. The van der Waals surface area contributed by atoms with Crippen molar-refractivity contribution in [1.82, 2.24) is 0 Å². The van der Waals surface area contributed by atoms with Gasteiger partial charge in [0.25, 0.3) is 0 Å². The van der Waals surface area contributed by atoms with E-state index in [0.29, 0.717) is 13.0 Å². The molecule has 1 saturated heterocycles. The van der Waals surface area contributed by atoms with Crippen LogP contribution in [-0.4, -0.2) is 25.6 Å². The van der Waals surface area contributed by atoms with Crippen LogP contribution in [0.3, 0.4) is 0 Å². The summed E-state index contributed by atoms with van der Waals surface area (Å²) in [6.45, 7) is 0.616. The fourth-order valence-electron chi connectivity index (χ4n) is 2.31. The van der Waals surface area contributed by atoms with Gasteiger partial charge in [-0.05, 0) is 43.7 Å². The van der Waals surface area contributed by atoms with Crippen LogP contribution < -0.4 is 15.4 Å². The van der Waals surface area contributed by atoms with Crippen molar-refractivity contribution in [1.29, 1.82) is 0 Å². The second kappa shape index (κ2) is 5.19. The Kier molecular flexibility index (Phi) is 3.64. The van der Waals surface area contributed by atoms with Crippen molar-refractivity contribution in [3.05, 3.63) is 24.3 Å². The van der Waals surface area contributed by atoms with Crippen molar-refractivity contribution in [2.45, 2.75) is 25.3 Å². The average molecular weight is 234 g/mol. The van der Waals surface area contributed by atoms with Gasteiger partial charge in [0.2, 0.25) is 5.91 Å². The lowest BCUT2D eigenvalue weighted by molar-refractivity contribution is -0.117. The summed E-state index contributed by atoms with van der Waals surface area (Å²) in [4.78, 5) is 13.7. The van der Waals surface area contributed by atoms with Crippen LogP contribution in [0.4, 0.5) is 5.69 Å². The summed E-state index contributed by atoms with van der Waals surface area (Å²) in [6, 6.07) is 7.85. The molecule has 1 atom stereocenters. The summed E-state index contributed by atoms with van der Waals surface area (Å²) in [5.41, 5.74) is 6.52. The Morgan fingerprint density at radius 1 is 1.41 bits per heavy atom. The van der Waals surface area contributed by atoms with Gasteiger partial charge in [-0.1, -0.05) is 0 Å². The minimum Gasteiger partial charge on any atom is -0.497 e. The lowest BCUT2D eigenvalue weighted by Crippen LogP contribution is -2.34. The van der Waals surface area contributed by atoms with Gasteiger partial charge >= 0.3 is 0 Å². The van der Waals surface area contributed by atoms with Crippen molar-refractivity contribution in [2.24, 2.45) is 5.73 Å². The summed E-state index contributed by atoms with van der Waals surface area (Å²) in [6.07, 6.45) is 2.39. The molecule has 1 aliphatic rings. The van der Waals surface area contributed by atoms with Gasteiger partial charge in [0.15, 0.2) is 0 Å². The van der Waals surface area contributed by atoms with Gasteiger partial charge in [-0.25, -0.2) is 0 Å². The summed E-state index contributed by atoms with van der Waals surface area (Å²) in [5, 5.41) is 0. The Morgan fingerprint density at radius 2 is 2.12 bits per heavy atom. The number of ether oxygens (including phenoxy) is 1. The maximum absolute atomic E-state index is 11.9. The molecule has 17 heavy (non-hydrogen) atoms. The first-order valence-electron chi connectivity index (χ1n) is 5.92. The van der Waals surface area contributed by atoms with E-state index in [9.17, 15) is 4.79 Å². The zero-order valence-corrected chi connectivity index (χ0v) is 10.1. The molecule has 1 fully saturated rings. The number of anilines is 1. The van der Waals surface area contributed by atoms with Gasteiger partial charge in [0.1, 0.15) is 5.75 Å². The quantitative estimate of drug-likeness (QED) is 0.859. The Morgan fingerprint density at radius 3 is 2.71 bits per heavy atom. The smallest absolute Gasteiger partial charge is 0.227 e. The van der Waals surface area contributed by atoms with E-state index in [0.717, 1.165) is 24.3 Å². The van der Waals surface area contributed by atoms with Crippen LogP contribution in [0.1, 0.15) is 19.3 Å². The molecule has 0 aromatic heterocycles. The number of carbonyl (C=O) groups is 1. The summed E-state index contributed by atoms with van der Waals surface area (Å²) in [5.74, 6) is 0.990. The van der Waals surface area contributed by atoms with E-state index in [1.54, 1.807) is 7.11 Å². The lowest BCUT2D eigenvalue weighted by Gasteiger charge is -2.24. The molecule has 0 saturated carbocycles. The number of nitrogens with two attached hydrogens (primary N) is 1. The van der Waals surface area contributed by atoms with E-state index in [1.807, 2.05) is 29.2 Å².